The van der Waals surface area contributed by atoms with Crippen LogP contribution in [0.2, 0.25) is 0 Å². The average Bonchev–Trinajstić information content (AvgIpc) is 2.36. The fraction of sp³-hybridized carbons (Fsp3) is 0.125. The quantitative estimate of drug-likeness (QED) is 0.673. The van der Waals surface area contributed by atoms with Crippen molar-refractivity contribution in [2.75, 3.05) is 0 Å². The number of pyridine rings is 1. The van der Waals surface area contributed by atoms with Crippen LogP contribution in [0.5, 0.6) is 0 Å². The van der Waals surface area contributed by atoms with Crippen molar-refractivity contribution in [1.29, 1.82) is 0 Å². The van der Waals surface area contributed by atoms with Gasteiger partial charge in [0.05, 0.1) is 0 Å². The molecule has 0 saturated heterocycles. The number of aromatic nitrogens is 2. The summed E-state index contributed by atoms with van der Waals surface area (Å²) in [6.07, 6.45) is 3.73. The van der Waals surface area contributed by atoms with E-state index in [0.717, 1.165) is 11.3 Å². The zero-order valence-corrected chi connectivity index (χ0v) is 9.05. The molecule has 0 bridgehead atoms. The fourth-order valence-corrected chi connectivity index (χ4v) is 1.03. The van der Waals surface area contributed by atoms with Crippen molar-refractivity contribution >= 4 is 5.65 Å². The number of hydrogen-bond acceptors (Lipinski definition) is 1. The van der Waals surface area contributed by atoms with Gasteiger partial charge in [0.1, 0.15) is 0 Å². The summed E-state index contributed by atoms with van der Waals surface area (Å²) in [5.41, 5.74) is 2.12. The Morgan fingerprint density at radius 2 is 2.27 bits per heavy atom. The SMILES string of the molecule is Cc1c[c-]cc2nccn12.[W]. The topological polar surface area (TPSA) is 17.3 Å². The first-order valence-corrected chi connectivity index (χ1v) is 3.18. The molecular weight excluding hydrogens is 308 g/mol. The standard InChI is InChI=1S/C8H7N2.W/c1-7-3-2-4-8-9-5-6-10(7)8;/h3-6H,1H3;/q-1;. The van der Waals surface area contributed by atoms with Crippen LogP contribution in [-0.4, -0.2) is 9.38 Å². The monoisotopic (exact) mass is 315 g/mol. The molecule has 0 aliphatic carbocycles. The number of aryl methyl sites for hydroxylation is 1. The van der Waals surface area contributed by atoms with E-state index in [9.17, 15) is 0 Å². The van der Waals surface area contributed by atoms with Crippen molar-refractivity contribution < 1.29 is 21.1 Å². The molecule has 0 N–H and O–H groups in total. The molecule has 0 saturated carbocycles. The van der Waals surface area contributed by atoms with Crippen LogP contribution in [0.4, 0.5) is 0 Å². The van der Waals surface area contributed by atoms with E-state index < -0.39 is 0 Å². The largest absolute Gasteiger partial charge is 0.412 e. The van der Waals surface area contributed by atoms with Crippen LogP contribution in [0, 0.1) is 13.0 Å². The Balaban J connectivity index is 0.000000605. The Bertz CT molecular complexity index is 354. The van der Waals surface area contributed by atoms with Gasteiger partial charge >= 0.3 is 0 Å². The van der Waals surface area contributed by atoms with E-state index in [0.29, 0.717) is 0 Å². The van der Waals surface area contributed by atoms with E-state index >= 15 is 0 Å². The van der Waals surface area contributed by atoms with Crippen LogP contribution < -0.4 is 0 Å². The Morgan fingerprint density at radius 3 is 3.00 bits per heavy atom. The van der Waals surface area contributed by atoms with Gasteiger partial charge in [0, 0.05) is 39.1 Å². The zero-order chi connectivity index (χ0) is 6.97. The molecule has 0 fully saturated rings. The van der Waals surface area contributed by atoms with Crippen molar-refractivity contribution in [3.63, 3.8) is 0 Å². The molecule has 2 nitrogen and oxygen atoms in total. The van der Waals surface area contributed by atoms with Gasteiger partial charge in [-0.1, -0.05) is 12.6 Å². The third-order valence-corrected chi connectivity index (χ3v) is 1.55. The Kier molecular flexibility index (Phi) is 2.45. The van der Waals surface area contributed by atoms with Gasteiger partial charge in [-0.2, -0.15) is 12.1 Å². The van der Waals surface area contributed by atoms with Crippen molar-refractivity contribution in [1.82, 2.24) is 9.38 Å². The van der Waals surface area contributed by atoms with Gasteiger partial charge in [-0.3, -0.25) is 0 Å². The molecule has 0 radical (unpaired) electrons. The molecule has 3 heteroatoms. The zero-order valence-electron chi connectivity index (χ0n) is 6.11. The Morgan fingerprint density at radius 1 is 1.45 bits per heavy atom. The normalized spacial score (nSPS) is 9.55. The van der Waals surface area contributed by atoms with E-state index in [4.69, 9.17) is 0 Å². The van der Waals surface area contributed by atoms with Crippen LogP contribution in [0.25, 0.3) is 5.65 Å². The number of rotatable bonds is 0. The number of imidazole rings is 1. The van der Waals surface area contributed by atoms with E-state index in [1.807, 2.05) is 29.7 Å². The minimum Gasteiger partial charge on any atom is -0.412 e. The molecule has 0 spiro atoms. The van der Waals surface area contributed by atoms with Gasteiger partial charge in [0.15, 0.2) is 0 Å². The molecule has 2 rings (SSSR count). The van der Waals surface area contributed by atoms with Gasteiger partial charge in [0.25, 0.3) is 0 Å². The summed E-state index contributed by atoms with van der Waals surface area (Å²) in [5.74, 6) is 0. The second-order valence-electron chi connectivity index (χ2n) is 2.25. The fourth-order valence-electron chi connectivity index (χ4n) is 1.03. The summed E-state index contributed by atoms with van der Waals surface area (Å²) in [6.45, 7) is 2.03. The molecule has 2 aromatic rings. The second-order valence-corrected chi connectivity index (χ2v) is 2.25. The van der Waals surface area contributed by atoms with Crippen molar-refractivity contribution in [3.8, 4) is 0 Å². The van der Waals surface area contributed by atoms with E-state index in [1.165, 1.54) is 0 Å². The summed E-state index contributed by atoms with van der Waals surface area (Å²) in [7, 11) is 0. The number of nitrogens with zero attached hydrogens (tertiary/aromatic N) is 2. The molecule has 2 heterocycles. The molecule has 0 aliphatic heterocycles. The van der Waals surface area contributed by atoms with Crippen LogP contribution in [0.15, 0.2) is 24.5 Å². The smallest absolute Gasteiger partial charge is 0.0288 e. The maximum atomic E-state index is 4.11. The molecule has 0 amide bonds. The van der Waals surface area contributed by atoms with Gasteiger partial charge in [-0.05, 0) is 0 Å². The average molecular weight is 315 g/mol. The van der Waals surface area contributed by atoms with Gasteiger partial charge < -0.3 is 9.38 Å². The summed E-state index contributed by atoms with van der Waals surface area (Å²) < 4.78 is 2.02. The summed E-state index contributed by atoms with van der Waals surface area (Å²) in [5, 5.41) is 0. The summed E-state index contributed by atoms with van der Waals surface area (Å²) >= 11 is 0. The van der Waals surface area contributed by atoms with Gasteiger partial charge in [0.2, 0.25) is 0 Å². The first-order valence-electron chi connectivity index (χ1n) is 3.18. The first kappa shape index (κ1) is 8.47. The molecule has 0 aliphatic rings. The van der Waals surface area contributed by atoms with E-state index in [1.54, 1.807) is 6.20 Å². The minimum atomic E-state index is 0. The Hall–Kier alpha value is -0.622. The van der Waals surface area contributed by atoms with Crippen molar-refractivity contribution in [2.24, 2.45) is 0 Å². The third kappa shape index (κ3) is 1.36. The maximum Gasteiger partial charge on any atom is 0.0288 e. The summed E-state index contributed by atoms with van der Waals surface area (Å²) in [4.78, 5) is 4.11. The van der Waals surface area contributed by atoms with Crippen LogP contribution in [-0.2, 0) is 21.1 Å². The van der Waals surface area contributed by atoms with Gasteiger partial charge in [-0.15, -0.1) is 6.07 Å². The molecule has 0 atom stereocenters. The first-order chi connectivity index (χ1) is 4.88. The predicted octanol–water partition coefficient (Wildman–Crippen LogP) is 1.44. The Labute approximate surface area is 79.5 Å². The molecule has 11 heavy (non-hydrogen) atoms. The van der Waals surface area contributed by atoms with Crippen molar-refractivity contribution in [3.05, 3.63) is 36.3 Å². The molecular formula is C8H7N2W-. The molecule has 56 valence electrons. The van der Waals surface area contributed by atoms with E-state index in [2.05, 4.69) is 11.1 Å². The number of fused-ring (bicyclic) bond motifs is 1. The van der Waals surface area contributed by atoms with Crippen molar-refractivity contribution in [2.45, 2.75) is 6.92 Å². The minimum absolute atomic E-state index is 0. The third-order valence-electron chi connectivity index (χ3n) is 1.55. The number of hydrogen-bond donors (Lipinski definition) is 0. The van der Waals surface area contributed by atoms with Gasteiger partial charge in [-0.25, -0.2) is 0 Å². The summed E-state index contributed by atoms with van der Waals surface area (Å²) in [6, 6.07) is 6.81. The molecule has 0 unspecified atom stereocenters. The second kappa shape index (κ2) is 3.18. The molecule has 0 aromatic carbocycles. The van der Waals surface area contributed by atoms with Crippen LogP contribution >= 0.6 is 0 Å². The van der Waals surface area contributed by atoms with E-state index in [-0.39, 0.29) is 21.1 Å². The van der Waals surface area contributed by atoms with Crippen LogP contribution in [0.3, 0.4) is 0 Å². The predicted molar refractivity (Wildman–Crippen MR) is 38.8 cm³/mol. The maximum absolute atomic E-state index is 4.11. The molecule has 2 aromatic heterocycles. The van der Waals surface area contributed by atoms with Crippen LogP contribution in [0.1, 0.15) is 5.69 Å².